The molecule has 0 radical (unpaired) electrons. The molecule has 3 heteroatoms. The molecule has 0 aliphatic carbocycles. The molecule has 0 amide bonds. The van der Waals surface area contributed by atoms with Gasteiger partial charge in [0.25, 0.3) is 0 Å². The van der Waals surface area contributed by atoms with Crippen LogP contribution in [0.25, 0.3) is 0 Å². The fourth-order valence-corrected chi connectivity index (χ4v) is 1.80. The van der Waals surface area contributed by atoms with Gasteiger partial charge in [-0.25, -0.2) is 0 Å². The summed E-state index contributed by atoms with van der Waals surface area (Å²) in [6.07, 6.45) is 29.2. The van der Waals surface area contributed by atoms with E-state index in [0.29, 0.717) is 6.42 Å². The minimum absolute atomic E-state index is 0.199. The average Bonchev–Trinajstić information content (AvgIpc) is 2.60. The van der Waals surface area contributed by atoms with Crippen molar-refractivity contribution in [3.8, 4) is 0 Å². The maximum atomic E-state index is 10.3. The molecular formula is C22H32O3. The van der Waals surface area contributed by atoms with Crippen LogP contribution in [-0.2, 0) is 4.79 Å². The molecule has 0 heterocycles. The van der Waals surface area contributed by atoms with E-state index >= 15 is 0 Å². The number of rotatable bonds is 14. The van der Waals surface area contributed by atoms with Gasteiger partial charge in [-0.2, -0.15) is 0 Å². The molecule has 0 aromatic heterocycles. The van der Waals surface area contributed by atoms with Gasteiger partial charge in [-0.05, 0) is 38.5 Å². The first kappa shape index (κ1) is 22.9. The molecule has 138 valence electrons. The molecule has 0 aromatic rings. The highest BCUT2D eigenvalue weighted by Crippen LogP contribution is 1.97. The molecular weight excluding hydrogens is 312 g/mol. The van der Waals surface area contributed by atoms with Crippen LogP contribution in [-0.4, -0.2) is 22.3 Å². The standard InChI is InChI=1S/C22H32O3/c1-2-21(23)19-17-15-13-11-9-7-5-3-4-6-8-10-12-14-16-18-20-22(24)25/h3-4,7-10,13-17,19,21,23H,2,5-6,11-12,18,20H2,1H3,(H,24,25)/b4-3+,9-7-,10-8-,15-13-,16-14-,19-17+. The predicted octanol–water partition coefficient (Wildman–Crippen LogP) is 5.52. The summed E-state index contributed by atoms with van der Waals surface area (Å²) < 4.78 is 0. The number of aliphatic hydroxyl groups excluding tert-OH is 1. The number of aliphatic hydroxyl groups is 1. The molecule has 0 aliphatic rings. The third kappa shape index (κ3) is 19.8. The number of hydrogen-bond acceptors (Lipinski definition) is 2. The average molecular weight is 344 g/mol. The zero-order chi connectivity index (χ0) is 18.6. The van der Waals surface area contributed by atoms with Crippen molar-refractivity contribution in [2.45, 2.75) is 58.0 Å². The van der Waals surface area contributed by atoms with Crippen molar-refractivity contribution in [3.63, 3.8) is 0 Å². The third-order valence-corrected chi connectivity index (χ3v) is 3.28. The van der Waals surface area contributed by atoms with Gasteiger partial charge in [0.05, 0.1) is 6.10 Å². The Hall–Kier alpha value is -2.13. The second-order valence-corrected chi connectivity index (χ2v) is 5.55. The van der Waals surface area contributed by atoms with E-state index in [4.69, 9.17) is 5.11 Å². The van der Waals surface area contributed by atoms with Gasteiger partial charge < -0.3 is 10.2 Å². The Bertz CT molecular complexity index is 493. The molecule has 1 atom stereocenters. The predicted molar refractivity (Wildman–Crippen MR) is 106 cm³/mol. The SMILES string of the molecule is CCC(O)/C=C/C=C\C/C=C\C/C=C/C/C=C\C/C=C\CCC(=O)O. The lowest BCUT2D eigenvalue weighted by Crippen LogP contribution is -1.97. The number of carboxylic acids is 1. The van der Waals surface area contributed by atoms with Crippen molar-refractivity contribution in [2.24, 2.45) is 0 Å². The Kier molecular flexibility index (Phi) is 16.7. The summed E-state index contributed by atoms with van der Waals surface area (Å²) in [4.78, 5) is 10.3. The summed E-state index contributed by atoms with van der Waals surface area (Å²) in [5.74, 6) is -0.751. The van der Waals surface area contributed by atoms with E-state index in [-0.39, 0.29) is 12.5 Å². The highest BCUT2D eigenvalue weighted by atomic mass is 16.4. The van der Waals surface area contributed by atoms with Gasteiger partial charge >= 0.3 is 5.97 Å². The normalized spacial score (nSPS) is 14.3. The molecule has 3 nitrogen and oxygen atoms in total. The van der Waals surface area contributed by atoms with Crippen LogP contribution in [0.4, 0.5) is 0 Å². The summed E-state index contributed by atoms with van der Waals surface area (Å²) in [6.45, 7) is 1.95. The summed E-state index contributed by atoms with van der Waals surface area (Å²) in [7, 11) is 0. The molecule has 0 rings (SSSR count). The second-order valence-electron chi connectivity index (χ2n) is 5.55. The van der Waals surface area contributed by atoms with E-state index in [9.17, 15) is 9.90 Å². The Balaban J connectivity index is 3.59. The van der Waals surface area contributed by atoms with Crippen molar-refractivity contribution < 1.29 is 15.0 Å². The van der Waals surface area contributed by atoms with E-state index < -0.39 is 5.97 Å². The van der Waals surface area contributed by atoms with Crippen molar-refractivity contribution in [2.75, 3.05) is 0 Å². The highest BCUT2D eigenvalue weighted by molar-refractivity contribution is 5.66. The van der Waals surface area contributed by atoms with Crippen molar-refractivity contribution in [3.05, 3.63) is 72.9 Å². The van der Waals surface area contributed by atoms with E-state index in [2.05, 4.69) is 42.5 Å². The molecule has 0 saturated carbocycles. The smallest absolute Gasteiger partial charge is 0.303 e. The lowest BCUT2D eigenvalue weighted by Gasteiger charge is -1.95. The van der Waals surface area contributed by atoms with Gasteiger partial charge in [-0.15, -0.1) is 0 Å². The van der Waals surface area contributed by atoms with E-state index in [0.717, 1.165) is 32.1 Å². The Morgan fingerprint density at radius 2 is 1.28 bits per heavy atom. The molecule has 0 aromatic carbocycles. The molecule has 1 unspecified atom stereocenters. The van der Waals surface area contributed by atoms with E-state index in [1.807, 2.05) is 31.2 Å². The van der Waals surface area contributed by atoms with Crippen LogP contribution >= 0.6 is 0 Å². The topological polar surface area (TPSA) is 57.5 Å². The third-order valence-electron chi connectivity index (χ3n) is 3.28. The maximum Gasteiger partial charge on any atom is 0.303 e. The monoisotopic (exact) mass is 344 g/mol. The molecule has 0 aliphatic heterocycles. The van der Waals surface area contributed by atoms with Crippen molar-refractivity contribution >= 4 is 5.97 Å². The van der Waals surface area contributed by atoms with Gasteiger partial charge in [-0.3, -0.25) is 4.79 Å². The van der Waals surface area contributed by atoms with Crippen LogP contribution in [0.5, 0.6) is 0 Å². The molecule has 0 bridgehead atoms. The van der Waals surface area contributed by atoms with Crippen molar-refractivity contribution in [1.82, 2.24) is 0 Å². The maximum absolute atomic E-state index is 10.3. The first-order valence-electron chi connectivity index (χ1n) is 9.00. The van der Waals surface area contributed by atoms with Gasteiger partial charge in [0.1, 0.15) is 0 Å². The fraction of sp³-hybridized carbons (Fsp3) is 0.409. The summed E-state index contributed by atoms with van der Waals surface area (Å²) >= 11 is 0. The van der Waals surface area contributed by atoms with Crippen LogP contribution in [0.2, 0.25) is 0 Å². The van der Waals surface area contributed by atoms with Crippen LogP contribution in [0.3, 0.4) is 0 Å². The summed E-state index contributed by atoms with van der Waals surface area (Å²) in [5, 5.41) is 17.8. The van der Waals surface area contributed by atoms with E-state index in [1.54, 1.807) is 6.08 Å². The van der Waals surface area contributed by atoms with Crippen LogP contribution in [0, 0.1) is 0 Å². The van der Waals surface area contributed by atoms with Crippen LogP contribution < -0.4 is 0 Å². The molecule has 25 heavy (non-hydrogen) atoms. The molecule has 0 fully saturated rings. The Morgan fingerprint density at radius 3 is 1.76 bits per heavy atom. The Morgan fingerprint density at radius 1 is 0.800 bits per heavy atom. The minimum Gasteiger partial charge on any atom is -0.481 e. The van der Waals surface area contributed by atoms with Gasteiger partial charge in [-0.1, -0.05) is 79.8 Å². The van der Waals surface area contributed by atoms with Crippen molar-refractivity contribution in [1.29, 1.82) is 0 Å². The van der Waals surface area contributed by atoms with Crippen LogP contribution in [0.15, 0.2) is 72.9 Å². The first-order chi connectivity index (χ1) is 12.2. The van der Waals surface area contributed by atoms with E-state index in [1.165, 1.54) is 0 Å². The lowest BCUT2D eigenvalue weighted by molar-refractivity contribution is -0.136. The number of carboxylic acid groups (broad SMARTS) is 1. The zero-order valence-corrected chi connectivity index (χ0v) is 15.3. The fourth-order valence-electron chi connectivity index (χ4n) is 1.80. The summed E-state index contributed by atoms with van der Waals surface area (Å²) in [6, 6.07) is 0. The molecule has 0 spiro atoms. The van der Waals surface area contributed by atoms with Gasteiger partial charge in [0.15, 0.2) is 0 Å². The lowest BCUT2D eigenvalue weighted by atomic mass is 10.2. The quantitative estimate of drug-likeness (QED) is 0.322. The summed E-state index contributed by atoms with van der Waals surface area (Å²) in [5.41, 5.74) is 0. The minimum atomic E-state index is -0.751. The van der Waals surface area contributed by atoms with Gasteiger partial charge in [0, 0.05) is 6.42 Å². The van der Waals surface area contributed by atoms with Gasteiger partial charge in [0.2, 0.25) is 0 Å². The molecule has 0 saturated heterocycles. The molecule has 2 N–H and O–H groups in total. The zero-order valence-electron chi connectivity index (χ0n) is 15.3. The number of carbonyl (C=O) groups is 1. The second kappa shape index (κ2) is 18.2. The largest absolute Gasteiger partial charge is 0.481 e. The highest BCUT2D eigenvalue weighted by Gasteiger charge is 1.90. The number of aliphatic carboxylic acids is 1. The number of hydrogen-bond donors (Lipinski definition) is 2. The first-order valence-corrected chi connectivity index (χ1v) is 9.00. The number of allylic oxidation sites excluding steroid dienone is 11. The van der Waals surface area contributed by atoms with Crippen LogP contribution in [0.1, 0.15) is 51.9 Å². The Labute approximate surface area is 152 Å².